The normalized spacial score (nSPS) is 20.6. The molecule has 6 nitrogen and oxygen atoms in total. The van der Waals surface area contributed by atoms with Crippen molar-refractivity contribution in [2.24, 2.45) is 7.05 Å². The number of pyridine rings is 1. The summed E-state index contributed by atoms with van der Waals surface area (Å²) in [4.78, 5) is 16.4. The summed E-state index contributed by atoms with van der Waals surface area (Å²) in [6.07, 6.45) is 8.40. The van der Waals surface area contributed by atoms with E-state index in [-0.39, 0.29) is 18.1 Å². The van der Waals surface area contributed by atoms with Crippen molar-refractivity contribution in [2.45, 2.75) is 37.8 Å². The monoisotopic (exact) mass is 314 g/mol. The Morgan fingerprint density at radius 2 is 2.39 bits per heavy atom. The van der Waals surface area contributed by atoms with E-state index in [0.717, 1.165) is 30.5 Å². The van der Waals surface area contributed by atoms with E-state index in [1.165, 1.54) is 0 Å². The Labute approximate surface area is 135 Å². The average molecular weight is 314 g/mol. The van der Waals surface area contributed by atoms with Gasteiger partial charge in [0.25, 0.3) is 0 Å². The molecule has 0 aromatic carbocycles. The molecule has 6 heteroatoms. The van der Waals surface area contributed by atoms with Gasteiger partial charge in [-0.05, 0) is 31.4 Å². The highest BCUT2D eigenvalue weighted by molar-refractivity contribution is 5.76. The van der Waals surface area contributed by atoms with Crippen molar-refractivity contribution < 1.29 is 9.53 Å². The number of amides is 1. The Balaban J connectivity index is 1.47. The maximum atomic E-state index is 12.2. The first kappa shape index (κ1) is 15.7. The molecule has 0 aliphatic carbocycles. The van der Waals surface area contributed by atoms with Gasteiger partial charge in [0, 0.05) is 43.7 Å². The van der Waals surface area contributed by atoms with Crippen LogP contribution in [-0.2, 0) is 23.0 Å². The van der Waals surface area contributed by atoms with Gasteiger partial charge in [0.05, 0.1) is 12.2 Å². The van der Waals surface area contributed by atoms with Gasteiger partial charge in [0.15, 0.2) is 0 Å². The molecule has 0 spiro atoms. The van der Waals surface area contributed by atoms with Crippen molar-refractivity contribution in [3.63, 3.8) is 0 Å². The van der Waals surface area contributed by atoms with Crippen LogP contribution in [0.4, 0.5) is 0 Å². The number of ether oxygens (including phenoxy) is 1. The van der Waals surface area contributed by atoms with Crippen LogP contribution in [0.15, 0.2) is 36.8 Å². The second kappa shape index (κ2) is 7.37. The predicted octanol–water partition coefficient (Wildman–Crippen LogP) is 1.78. The molecule has 1 aliphatic rings. The number of hydrogen-bond donors (Lipinski definition) is 1. The lowest BCUT2D eigenvalue weighted by Gasteiger charge is -2.18. The Hall–Kier alpha value is -2.21. The van der Waals surface area contributed by atoms with Crippen molar-refractivity contribution in [1.29, 1.82) is 0 Å². The summed E-state index contributed by atoms with van der Waals surface area (Å²) >= 11 is 0. The van der Waals surface area contributed by atoms with Crippen molar-refractivity contribution in [1.82, 2.24) is 20.1 Å². The van der Waals surface area contributed by atoms with Crippen molar-refractivity contribution in [3.8, 4) is 0 Å². The highest BCUT2D eigenvalue weighted by Crippen LogP contribution is 2.28. The van der Waals surface area contributed by atoms with Crippen LogP contribution in [0.5, 0.6) is 0 Å². The van der Waals surface area contributed by atoms with E-state index >= 15 is 0 Å². The molecule has 0 unspecified atom stereocenters. The van der Waals surface area contributed by atoms with Crippen LogP contribution in [0.3, 0.4) is 0 Å². The van der Waals surface area contributed by atoms with Crippen LogP contribution >= 0.6 is 0 Å². The molecule has 0 saturated carbocycles. The molecular formula is C17H22N4O2. The second-order valence-corrected chi connectivity index (χ2v) is 5.88. The summed E-state index contributed by atoms with van der Waals surface area (Å²) in [5.74, 6) is 0.0744. The van der Waals surface area contributed by atoms with E-state index in [1.807, 2.05) is 31.4 Å². The fourth-order valence-electron chi connectivity index (χ4n) is 2.91. The van der Waals surface area contributed by atoms with E-state index in [4.69, 9.17) is 4.74 Å². The summed E-state index contributed by atoms with van der Waals surface area (Å²) in [7, 11) is 1.88. The molecule has 2 aromatic heterocycles. The third kappa shape index (κ3) is 4.16. The summed E-state index contributed by atoms with van der Waals surface area (Å²) in [6.45, 7) is 0.665. The zero-order valence-electron chi connectivity index (χ0n) is 13.3. The Bertz CT molecular complexity index is 641. The lowest BCUT2D eigenvalue weighted by atomic mass is 10.0. The van der Waals surface area contributed by atoms with Crippen LogP contribution in [0.25, 0.3) is 0 Å². The maximum Gasteiger partial charge on any atom is 0.220 e. The second-order valence-electron chi connectivity index (χ2n) is 5.88. The average Bonchev–Trinajstić information content (AvgIpc) is 3.17. The van der Waals surface area contributed by atoms with E-state index in [9.17, 15) is 4.79 Å². The molecular weight excluding hydrogens is 292 g/mol. The van der Waals surface area contributed by atoms with Crippen LogP contribution in [0, 0.1) is 0 Å². The van der Waals surface area contributed by atoms with Crippen LogP contribution in [0.2, 0.25) is 0 Å². The van der Waals surface area contributed by atoms with E-state index in [1.54, 1.807) is 17.1 Å². The molecule has 1 saturated heterocycles. The van der Waals surface area contributed by atoms with Gasteiger partial charge in [-0.15, -0.1) is 0 Å². The molecule has 3 heterocycles. The summed E-state index contributed by atoms with van der Waals surface area (Å²) < 4.78 is 7.51. The SMILES string of the molecule is Cn1cc([C@H]2OCC[C@@H]2NC(=O)CCCc2ccccn2)cn1. The smallest absolute Gasteiger partial charge is 0.220 e. The Kier molecular flexibility index (Phi) is 5.02. The fourth-order valence-corrected chi connectivity index (χ4v) is 2.91. The molecule has 1 N–H and O–H groups in total. The molecule has 0 bridgehead atoms. The standard InChI is InChI=1S/C17H22N4O2/c1-21-12-13(11-19-21)17-15(8-10-23-17)20-16(22)7-4-6-14-5-2-3-9-18-14/h2-3,5,9,11-12,15,17H,4,6-8,10H2,1H3,(H,20,22)/t15-,17+/m0/s1. The zero-order valence-corrected chi connectivity index (χ0v) is 13.3. The largest absolute Gasteiger partial charge is 0.371 e. The number of carbonyl (C=O) groups excluding carboxylic acids is 1. The third-order valence-electron chi connectivity index (χ3n) is 4.05. The van der Waals surface area contributed by atoms with Crippen LogP contribution in [-0.4, -0.2) is 33.3 Å². The van der Waals surface area contributed by atoms with Crippen molar-refractivity contribution in [3.05, 3.63) is 48.0 Å². The first-order chi connectivity index (χ1) is 11.2. The number of nitrogens with zero attached hydrogens (tertiary/aromatic N) is 3. The van der Waals surface area contributed by atoms with E-state index in [2.05, 4.69) is 15.4 Å². The first-order valence-electron chi connectivity index (χ1n) is 8.02. The van der Waals surface area contributed by atoms with E-state index in [0.29, 0.717) is 13.0 Å². The van der Waals surface area contributed by atoms with Gasteiger partial charge in [-0.2, -0.15) is 5.10 Å². The molecule has 23 heavy (non-hydrogen) atoms. The molecule has 2 atom stereocenters. The van der Waals surface area contributed by atoms with Crippen LogP contribution < -0.4 is 5.32 Å². The molecule has 1 fully saturated rings. The van der Waals surface area contributed by atoms with Crippen LogP contribution in [0.1, 0.15) is 36.6 Å². The molecule has 122 valence electrons. The first-order valence-corrected chi connectivity index (χ1v) is 8.02. The van der Waals surface area contributed by atoms with Gasteiger partial charge >= 0.3 is 0 Å². The van der Waals surface area contributed by atoms with Gasteiger partial charge < -0.3 is 10.1 Å². The topological polar surface area (TPSA) is 69.0 Å². The van der Waals surface area contributed by atoms with Gasteiger partial charge in [-0.25, -0.2) is 0 Å². The number of aryl methyl sites for hydroxylation is 2. The number of nitrogens with one attached hydrogen (secondary N) is 1. The Morgan fingerprint density at radius 1 is 1.48 bits per heavy atom. The van der Waals surface area contributed by atoms with Crippen molar-refractivity contribution in [2.75, 3.05) is 6.61 Å². The molecule has 0 radical (unpaired) electrons. The van der Waals surface area contributed by atoms with E-state index < -0.39 is 0 Å². The summed E-state index contributed by atoms with van der Waals surface area (Å²) in [5.41, 5.74) is 2.04. The number of rotatable bonds is 6. The fraction of sp³-hybridized carbons (Fsp3) is 0.471. The van der Waals surface area contributed by atoms with Gasteiger partial charge in [0.1, 0.15) is 6.10 Å². The molecule has 2 aromatic rings. The third-order valence-corrected chi connectivity index (χ3v) is 4.05. The minimum absolute atomic E-state index is 0.0292. The maximum absolute atomic E-state index is 12.2. The Morgan fingerprint density at radius 3 is 3.13 bits per heavy atom. The lowest BCUT2D eigenvalue weighted by molar-refractivity contribution is -0.122. The predicted molar refractivity (Wildman–Crippen MR) is 85.6 cm³/mol. The molecule has 3 rings (SSSR count). The minimum Gasteiger partial charge on any atom is -0.371 e. The van der Waals surface area contributed by atoms with Gasteiger partial charge in [-0.1, -0.05) is 6.07 Å². The summed E-state index contributed by atoms with van der Waals surface area (Å²) in [5, 5.41) is 7.28. The number of hydrogen-bond acceptors (Lipinski definition) is 4. The van der Waals surface area contributed by atoms with Gasteiger partial charge in [-0.3, -0.25) is 14.5 Å². The summed E-state index contributed by atoms with van der Waals surface area (Å²) in [6, 6.07) is 5.88. The highest BCUT2D eigenvalue weighted by Gasteiger charge is 2.31. The lowest BCUT2D eigenvalue weighted by Crippen LogP contribution is -2.36. The molecule has 1 aliphatic heterocycles. The van der Waals surface area contributed by atoms with Gasteiger partial charge in [0.2, 0.25) is 5.91 Å². The number of aromatic nitrogens is 3. The minimum atomic E-state index is -0.0940. The van der Waals surface area contributed by atoms with Crippen molar-refractivity contribution >= 4 is 5.91 Å². The zero-order chi connectivity index (χ0) is 16.1. The highest BCUT2D eigenvalue weighted by atomic mass is 16.5. The quantitative estimate of drug-likeness (QED) is 0.882. The number of carbonyl (C=O) groups is 1. The molecule has 1 amide bonds.